The number of rotatable bonds is 4. The molecule has 1 aromatic carbocycles. The van der Waals surface area contributed by atoms with Crippen LogP contribution >= 0.6 is 24.0 Å². The van der Waals surface area contributed by atoms with E-state index in [9.17, 15) is 0 Å². The van der Waals surface area contributed by atoms with Crippen LogP contribution in [0.5, 0.6) is 0 Å². The molecule has 6 nitrogen and oxygen atoms in total. The van der Waals surface area contributed by atoms with Crippen LogP contribution in [0.4, 0.5) is 0 Å². The van der Waals surface area contributed by atoms with E-state index in [0.29, 0.717) is 19.0 Å². The molecule has 0 bridgehead atoms. The molecule has 3 rings (SSSR count). The van der Waals surface area contributed by atoms with Gasteiger partial charge in [0, 0.05) is 24.1 Å². The van der Waals surface area contributed by atoms with Gasteiger partial charge in [0.15, 0.2) is 5.96 Å². The van der Waals surface area contributed by atoms with Crippen molar-refractivity contribution >= 4 is 40.9 Å². The molecule has 0 unspecified atom stereocenters. The molecular weight excluding hydrogens is 407 g/mol. The number of nitrogens with zero attached hydrogens (tertiary/aromatic N) is 2. The minimum atomic E-state index is 0. The fraction of sp³-hybridized carbons (Fsp3) is 0.250. The molecule has 0 aliphatic carbocycles. The maximum absolute atomic E-state index is 5.87. The molecule has 2 N–H and O–H groups in total. The SMILES string of the molecule is CN=C(NCc1ccon1)NCc1oc2ccccc2c1C.I. The van der Waals surface area contributed by atoms with Gasteiger partial charge in [-0.3, -0.25) is 4.99 Å². The van der Waals surface area contributed by atoms with Gasteiger partial charge in [-0.05, 0) is 13.0 Å². The summed E-state index contributed by atoms with van der Waals surface area (Å²) in [4.78, 5) is 4.18. The first-order valence-electron chi connectivity index (χ1n) is 7.08. The van der Waals surface area contributed by atoms with Gasteiger partial charge in [-0.1, -0.05) is 23.4 Å². The van der Waals surface area contributed by atoms with Gasteiger partial charge in [-0.2, -0.15) is 0 Å². The first kappa shape index (κ1) is 17.3. The van der Waals surface area contributed by atoms with Crippen molar-refractivity contribution in [1.82, 2.24) is 15.8 Å². The molecular formula is C16H19IN4O2. The summed E-state index contributed by atoms with van der Waals surface area (Å²) in [5, 5.41) is 11.4. The minimum absolute atomic E-state index is 0. The number of para-hydroxylation sites is 1. The number of fused-ring (bicyclic) bond motifs is 1. The number of halogens is 1. The zero-order valence-electron chi connectivity index (χ0n) is 13.0. The third-order valence-corrected chi connectivity index (χ3v) is 3.51. The fourth-order valence-corrected chi connectivity index (χ4v) is 2.28. The van der Waals surface area contributed by atoms with Gasteiger partial charge in [0.1, 0.15) is 23.3 Å². The van der Waals surface area contributed by atoms with E-state index < -0.39 is 0 Å². The lowest BCUT2D eigenvalue weighted by atomic mass is 10.1. The van der Waals surface area contributed by atoms with E-state index in [2.05, 4.69) is 33.8 Å². The van der Waals surface area contributed by atoms with Crippen LogP contribution in [0.1, 0.15) is 17.0 Å². The topological polar surface area (TPSA) is 75.6 Å². The Bertz CT molecular complexity index is 781. The Kier molecular flexibility index (Phi) is 6.03. The molecule has 0 saturated carbocycles. The monoisotopic (exact) mass is 426 g/mol. The molecule has 0 spiro atoms. The van der Waals surface area contributed by atoms with Gasteiger partial charge in [-0.15, -0.1) is 24.0 Å². The van der Waals surface area contributed by atoms with Crippen molar-refractivity contribution in [3.8, 4) is 0 Å². The standard InChI is InChI=1S/C16H18N4O2.HI/c1-11-13-5-3-4-6-14(13)22-15(11)10-19-16(17-2)18-9-12-7-8-21-20-12;/h3-8H,9-10H2,1-2H3,(H2,17,18,19);1H. The number of aliphatic imine (C=N–C) groups is 1. The Morgan fingerprint density at radius 2 is 1.96 bits per heavy atom. The quantitative estimate of drug-likeness (QED) is 0.381. The summed E-state index contributed by atoms with van der Waals surface area (Å²) in [6.45, 7) is 3.18. The summed E-state index contributed by atoms with van der Waals surface area (Å²) in [5.74, 6) is 1.59. The highest BCUT2D eigenvalue weighted by Crippen LogP contribution is 2.24. The number of aromatic nitrogens is 1. The lowest BCUT2D eigenvalue weighted by Crippen LogP contribution is -2.36. The molecule has 2 heterocycles. The highest BCUT2D eigenvalue weighted by molar-refractivity contribution is 14.0. The van der Waals surface area contributed by atoms with Crippen LogP contribution in [0.2, 0.25) is 0 Å². The van der Waals surface area contributed by atoms with Gasteiger partial charge < -0.3 is 19.6 Å². The number of furan rings is 1. The van der Waals surface area contributed by atoms with Crippen LogP contribution in [-0.2, 0) is 13.1 Å². The maximum atomic E-state index is 5.87. The first-order valence-corrected chi connectivity index (χ1v) is 7.08. The van der Waals surface area contributed by atoms with Gasteiger partial charge in [-0.25, -0.2) is 0 Å². The van der Waals surface area contributed by atoms with Gasteiger partial charge in [0.2, 0.25) is 0 Å². The number of hydrogen-bond acceptors (Lipinski definition) is 4. The van der Waals surface area contributed by atoms with Gasteiger partial charge >= 0.3 is 0 Å². The summed E-state index contributed by atoms with van der Waals surface area (Å²) in [7, 11) is 1.73. The molecule has 0 amide bonds. The Balaban J connectivity index is 0.00000192. The van der Waals surface area contributed by atoms with E-state index in [0.717, 1.165) is 28.0 Å². The van der Waals surface area contributed by atoms with E-state index in [-0.39, 0.29) is 24.0 Å². The second kappa shape index (κ2) is 8.00. The van der Waals surface area contributed by atoms with Crippen LogP contribution in [0.15, 0.2) is 50.5 Å². The largest absolute Gasteiger partial charge is 0.459 e. The number of benzene rings is 1. The van der Waals surface area contributed by atoms with Crippen LogP contribution in [0, 0.1) is 6.92 Å². The zero-order chi connectivity index (χ0) is 15.4. The molecule has 3 aromatic rings. The van der Waals surface area contributed by atoms with E-state index in [4.69, 9.17) is 8.94 Å². The minimum Gasteiger partial charge on any atom is -0.459 e. The number of hydrogen-bond donors (Lipinski definition) is 2. The maximum Gasteiger partial charge on any atom is 0.191 e. The Labute approximate surface area is 151 Å². The molecule has 0 fully saturated rings. The third kappa shape index (κ3) is 4.04. The van der Waals surface area contributed by atoms with E-state index in [1.807, 2.05) is 24.3 Å². The first-order chi connectivity index (χ1) is 10.8. The molecule has 0 aliphatic heterocycles. The fourth-order valence-electron chi connectivity index (χ4n) is 2.28. The summed E-state index contributed by atoms with van der Waals surface area (Å²) >= 11 is 0. The Morgan fingerprint density at radius 1 is 1.17 bits per heavy atom. The van der Waals surface area contributed by atoms with Crippen molar-refractivity contribution in [3.05, 3.63) is 53.6 Å². The van der Waals surface area contributed by atoms with Crippen LogP contribution in [0.25, 0.3) is 11.0 Å². The summed E-state index contributed by atoms with van der Waals surface area (Å²) in [6, 6.07) is 9.84. The van der Waals surface area contributed by atoms with Crippen molar-refractivity contribution in [2.24, 2.45) is 4.99 Å². The van der Waals surface area contributed by atoms with Crippen molar-refractivity contribution in [1.29, 1.82) is 0 Å². The third-order valence-electron chi connectivity index (χ3n) is 3.51. The van der Waals surface area contributed by atoms with Crippen molar-refractivity contribution in [3.63, 3.8) is 0 Å². The number of aryl methyl sites for hydroxylation is 1. The van der Waals surface area contributed by atoms with E-state index in [1.165, 1.54) is 0 Å². The summed E-state index contributed by atoms with van der Waals surface area (Å²) in [5.41, 5.74) is 2.88. The highest BCUT2D eigenvalue weighted by atomic mass is 127. The van der Waals surface area contributed by atoms with Crippen molar-refractivity contribution in [2.45, 2.75) is 20.0 Å². The predicted molar refractivity (Wildman–Crippen MR) is 99.9 cm³/mol. The van der Waals surface area contributed by atoms with Crippen LogP contribution < -0.4 is 10.6 Å². The Morgan fingerprint density at radius 3 is 2.65 bits per heavy atom. The van der Waals surface area contributed by atoms with E-state index >= 15 is 0 Å². The smallest absolute Gasteiger partial charge is 0.191 e. The molecule has 7 heteroatoms. The normalized spacial score (nSPS) is 11.3. The molecule has 0 saturated heterocycles. The number of nitrogens with one attached hydrogen (secondary N) is 2. The molecule has 0 radical (unpaired) electrons. The summed E-state index contributed by atoms with van der Waals surface area (Å²) < 4.78 is 10.7. The average molecular weight is 426 g/mol. The molecule has 23 heavy (non-hydrogen) atoms. The lowest BCUT2D eigenvalue weighted by Gasteiger charge is -2.09. The van der Waals surface area contributed by atoms with Crippen molar-refractivity contribution in [2.75, 3.05) is 7.05 Å². The predicted octanol–water partition coefficient (Wildman–Crippen LogP) is 3.21. The van der Waals surface area contributed by atoms with Crippen molar-refractivity contribution < 1.29 is 8.94 Å². The van der Waals surface area contributed by atoms with Gasteiger partial charge in [0.05, 0.1) is 13.1 Å². The Hall–Kier alpha value is -2.03. The molecule has 2 aromatic heterocycles. The van der Waals surface area contributed by atoms with Gasteiger partial charge in [0.25, 0.3) is 0 Å². The highest BCUT2D eigenvalue weighted by Gasteiger charge is 2.10. The second-order valence-corrected chi connectivity index (χ2v) is 4.92. The van der Waals surface area contributed by atoms with Crippen LogP contribution in [-0.4, -0.2) is 18.2 Å². The molecule has 122 valence electrons. The second-order valence-electron chi connectivity index (χ2n) is 4.92. The summed E-state index contributed by atoms with van der Waals surface area (Å²) in [6.07, 6.45) is 1.55. The number of guanidine groups is 1. The van der Waals surface area contributed by atoms with E-state index in [1.54, 1.807) is 13.3 Å². The zero-order valence-corrected chi connectivity index (χ0v) is 15.3. The average Bonchev–Trinajstić information content (AvgIpc) is 3.17. The molecule has 0 atom stereocenters. The molecule has 0 aliphatic rings. The lowest BCUT2D eigenvalue weighted by molar-refractivity contribution is 0.410. The van der Waals surface area contributed by atoms with Crippen LogP contribution in [0.3, 0.4) is 0 Å².